The summed E-state index contributed by atoms with van der Waals surface area (Å²) < 4.78 is 5.34. The molecule has 8 heteroatoms. The summed E-state index contributed by atoms with van der Waals surface area (Å²) in [6.45, 7) is 7.53. The van der Waals surface area contributed by atoms with Gasteiger partial charge >= 0.3 is 0 Å². The van der Waals surface area contributed by atoms with Crippen molar-refractivity contribution in [3.05, 3.63) is 52.7 Å². The van der Waals surface area contributed by atoms with E-state index in [9.17, 15) is 9.59 Å². The van der Waals surface area contributed by atoms with Crippen LogP contribution in [0.25, 0.3) is 0 Å². The maximum absolute atomic E-state index is 12.5. The Balaban J connectivity index is 1.62. The molecule has 0 atom stereocenters. The molecule has 1 saturated heterocycles. The Morgan fingerprint density at radius 2 is 1.93 bits per heavy atom. The van der Waals surface area contributed by atoms with E-state index in [1.165, 1.54) is 0 Å². The molecule has 2 amide bonds. The van der Waals surface area contributed by atoms with E-state index in [-0.39, 0.29) is 16.8 Å². The summed E-state index contributed by atoms with van der Waals surface area (Å²) in [5, 5.41) is 5.89. The molecule has 0 aliphatic carbocycles. The summed E-state index contributed by atoms with van der Waals surface area (Å²) in [6.07, 6.45) is 1.55. The van der Waals surface area contributed by atoms with Crippen LogP contribution in [-0.4, -0.2) is 49.6 Å². The zero-order valence-electron chi connectivity index (χ0n) is 16.6. The summed E-state index contributed by atoms with van der Waals surface area (Å²) >= 11 is 6.24. The van der Waals surface area contributed by atoms with Gasteiger partial charge in [0.15, 0.2) is 0 Å². The van der Waals surface area contributed by atoms with Gasteiger partial charge in [0, 0.05) is 31.5 Å². The van der Waals surface area contributed by atoms with Crippen molar-refractivity contribution in [3.63, 3.8) is 0 Å². The van der Waals surface area contributed by atoms with Gasteiger partial charge in [-0.15, -0.1) is 0 Å². The fourth-order valence-electron chi connectivity index (χ4n) is 2.87. The monoisotopic (exact) mass is 416 g/mol. The fraction of sp³-hybridized carbons (Fsp3) is 0.381. The number of hydrogen-bond donors (Lipinski definition) is 2. The zero-order valence-corrected chi connectivity index (χ0v) is 17.3. The molecule has 2 N–H and O–H groups in total. The van der Waals surface area contributed by atoms with E-state index >= 15 is 0 Å². The van der Waals surface area contributed by atoms with Crippen molar-refractivity contribution in [2.75, 3.05) is 43.1 Å². The van der Waals surface area contributed by atoms with E-state index in [0.29, 0.717) is 42.5 Å². The first-order chi connectivity index (χ1) is 13.9. The topological polar surface area (TPSA) is 83.6 Å². The summed E-state index contributed by atoms with van der Waals surface area (Å²) in [7, 11) is 0. The Kier molecular flexibility index (Phi) is 7.06. The molecule has 0 saturated carbocycles. The largest absolute Gasteiger partial charge is 0.378 e. The second kappa shape index (κ2) is 9.71. The molecule has 1 aromatic heterocycles. The Morgan fingerprint density at radius 3 is 2.55 bits per heavy atom. The summed E-state index contributed by atoms with van der Waals surface area (Å²) in [4.78, 5) is 31.2. The molecule has 1 fully saturated rings. The van der Waals surface area contributed by atoms with Crippen molar-refractivity contribution in [3.8, 4) is 0 Å². The molecule has 1 aliphatic rings. The molecule has 0 radical (unpaired) electrons. The lowest BCUT2D eigenvalue weighted by atomic mass is 10.1. The van der Waals surface area contributed by atoms with Gasteiger partial charge in [-0.3, -0.25) is 9.59 Å². The number of rotatable bonds is 6. The minimum absolute atomic E-state index is 0.232. The van der Waals surface area contributed by atoms with Gasteiger partial charge in [0.05, 0.1) is 29.4 Å². The average molecular weight is 417 g/mol. The van der Waals surface area contributed by atoms with Crippen LogP contribution in [0.3, 0.4) is 0 Å². The highest BCUT2D eigenvalue weighted by Crippen LogP contribution is 2.22. The Bertz CT molecular complexity index is 865. The van der Waals surface area contributed by atoms with Gasteiger partial charge in [0.2, 0.25) is 0 Å². The van der Waals surface area contributed by atoms with Crippen LogP contribution in [0.4, 0.5) is 11.5 Å². The summed E-state index contributed by atoms with van der Waals surface area (Å²) in [5.41, 5.74) is 1.33. The number of hydrogen-bond acceptors (Lipinski definition) is 5. The molecule has 1 aliphatic heterocycles. The third-order valence-electron chi connectivity index (χ3n) is 4.49. The molecule has 154 valence electrons. The predicted molar refractivity (Wildman–Crippen MR) is 114 cm³/mol. The van der Waals surface area contributed by atoms with Gasteiger partial charge < -0.3 is 20.3 Å². The zero-order chi connectivity index (χ0) is 20.8. The first-order valence-electron chi connectivity index (χ1n) is 9.62. The predicted octanol–water partition coefficient (Wildman–Crippen LogP) is 3.21. The van der Waals surface area contributed by atoms with Crippen molar-refractivity contribution >= 4 is 34.9 Å². The van der Waals surface area contributed by atoms with Crippen LogP contribution in [0, 0.1) is 5.92 Å². The minimum Gasteiger partial charge on any atom is -0.378 e. The number of ether oxygens (including phenoxy) is 1. The first-order valence-corrected chi connectivity index (χ1v) is 9.99. The van der Waals surface area contributed by atoms with E-state index in [1.54, 1.807) is 30.5 Å². The van der Waals surface area contributed by atoms with Crippen molar-refractivity contribution < 1.29 is 14.3 Å². The third kappa shape index (κ3) is 5.68. The smallest absolute Gasteiger partial charge is 0.257 e. The number of carbonyl (C=O) groups is 2. The molecular weight excluding hydrogens is 392 g/mol. The SMILES string of the molecule is CC(C)CNC(=O)c1ccc(NC(=O)c2ccc(N3CCOCC3)nc2)cc1Cl. The van der Waals surface area contributed by atoms with Crippen LogP contribution >= 0.6 is 11.6 Å². The second-order valence-corrected chi connectivity index (χ2v) is 7.66. The van der Waals surface area contributed by atoms with Gasteiger partial charge in [0.1, 0.15) is 5.82 Å². The lowest BCUT2D eigenvalue weighted by Gasteiger charge is -2.27. The number of aromatic nitrogens is 1. The number of morpholine rings is 1. The lowest BCUT2D eigenvalue weighted by Crippen LogP contribution is -2.36. The van der Waals surface area contributed by atoms with E-state index < -0.39 is 0 Å². The summed E-state index contributed by atoms with van der Waals surface area (Å²) in [6, 6.07) is 8.40. The molecule has 1 aromatic carbocycles. The number of pyridine rings is 1. The molecule has 0 spiro atoms. The van der Waals surface area contributed by atoms with Crippen molar-refractivity contribution in [1.29, 1.82) is 0 Å². The number of halogens is 1. The van der Waals surface area contributed by atoms with Gasteiger partial charge in [0.25, 0.3) is 11.8 Å². The van der Waals surface area contributed by atoms with E-state index in [4.69, 9.17) is 16.3 Å². The fourth-order valence-corrected chi connectivity index (χ4v) is 3.14. The molecule has 0 bridgehead atoms. The van der Waals surface area contributed by atoms with Gasteiger partial charge in [-0.2, -0.15) is 0 Å². The Labute approximate surface area is 175 Å². The van der Waals surface area contributed by atoms with Crippen LogP contribution in [0.2, 0.25) is 5.02 Å². The number of anilines is 2. The molecule has 7 nitrogen and oxygen atoms in total. The molecular formula is C21H25ClN4O3. The van der Waals surface area contributed by atoms with Crippen LogP contribution in [0.15, 0.2) is 36.5 Å². The number of nitrogens with one attached hydrogen (secondary N) is 2. The first kappa shape index (κ1) is 21.1. The number of benzene rings is 1. The molecule has 3 rings (SSSR count). The van der Waals surface area contributed by atoms with Crippen molar-refractivity contribution in [2.45, 2.75) is 13.8 Å². The van der Waals surface area contributed by atoms with Gasteiger partial charge in [-0.05, 0) is 36.2 Å². The molecule has 0 unspecified atom stereocenters. The maximum atomic E-state index is 12.5. The number of carbonyl (C=O) groups excluding carboxylic acids is 2. The maximum Gasteiger partial charge on any atom is 0.257 e. The quantitative estimate of drug-likeness (QED) is 0.755. The molecule has 29 heavy (non-hydrogen) atoms. The average Bonchev–Trinajstić information content (AvgIpc) is 2.73. The van der Waals surface area contributed by atoms with E-state index in [1.807, 2.05) is 19.9 Å². The highest BCUT2D eigenvalue weighted by Gasteiger charge is 2.15. The Hall–Kier alpha value is -2.64. The van der Waals surface area contributed by atoms with E-state index in [0.717, 1.165) is 18.9 Å². The third-order valence-corrected chi connectivity index (χ3v) is 4.80. The van der Waals surface area contributed by atoms with E-state index in [2.05, 4.69) is 20.5 Å². The second-order valence-electron chi connectivity index (χ2n) is 7.26. The van der Waals surface area contributed by atoms with Crippen LogP contribution in [-0.2, 0) is 4.74 Å². The normalized spacial score (nSPS) is 14.0. The molecule has 2 heterocycles. The van der Waals surface area contributed by atoms with Gasteiger partial charge in [-0.25, -0.2) is 4.98 Å². The summed E-state index contributed by atoms with van der Waals surface area (Å²) in [5.74, 6) is 0.646. The van der Waals surface area contributed by atoms with Crippen LogP contribution in [0.1, 0.15) is 34.6 Å². The highest BCUT2D eigenvalue weighted by atomic mass is 35.5. The van der Waals surface area contributed by atoms with Crippen molar-refractivity contribution in [1.82, 2.24) is 10.3 Å². The number of amides is 2. The molecule has 2 aromatic rings. The highest BCUT2D eigenvalue weighted by molar-refractivity contribution is 6.34. The minimum atomic E-state index is -0.292. The standard InChI is InChI=1S/C21H25ClN4O3/c1-14(2)12-24-21(28)17-5-4-16(11-18(17)22)25-20(27)15-3-6-19(23-13-15)26-7-9-29-10-8-26/h3-6,11,13-14H,7-10,12H2,1-2H3,(H,24,28)(H,25,27). The van der Waals surface area contributed by atoms with Gasteiger partial charge in [-0.1, -0.05) is 25.4 Å². The van der Waals surface area contributed by atoms with Crippen LogP contribution < -0.4 is 15.5 Å². The Morgan fingerprint density at radius 1 is 1.17 bits per heavy atom. The number of nitrogens with zero attached hydrogens (tertiary/aromatic N) is 2. The van der Waals surface area contributed by atoms with Crippen molar-refractivity contribution in [2.24, 2.45) is 5.92 Å². The van der Waals surface area contributed by atoms with Crippen LogP contribution in [0.5, 0.6) is 0 Å². The lowest BCUT2D eigenvalue weighted by molar-refractivity contribution is 0.0948.